The summed E-state index contributed by atoms with van der Waals surface area (Å²) in [7, 11) is 2.24. The molecular weight excluding hydrogens is 240 g/mol. The molecule has 0 radical (unpaired) electrons. The van der Waals surface area contributed by atoms with Gasteiger partial charge in [0.2, 0.25) is 0 Å². The summed E-state index contributed by atoms with van der Waals surface area (Å²) in [6.45, 7) is 7.21. The molecule has 0 bridgehead atoms. The average molecular weight is 266 g/mol. The van der Waals surface area contributed by atoms with Gasteiger partial charge in [0.25, 0.3) is 0 Å². The molecule has 1 aromatic rings. The van der Waals surface area contributed by atoms with Gasteiger partial charge in [0.05, 0.1) is 0 Å². The second kappa shape index (κ2) is 7.27. The first-order valence-corrected chi connectivity index (χ1v) is 8.05. The van der Waals surface area contributed by atoms with Crippen LogP contribution in [0.2, 0.25) is 0 Å². The van der Waals surface area contributed by atoms with Crippen molar-refractivity contribution in [1.29, 1.82) is 0 Å². The van der Waals surface area contributed by atoms with Crippen LogP contribution < -0.4 is 5.32 Å². The summed E-state index contributed by atoms with van der Waals surface area (Å²) in [5, 5.41) is 5.69. The van der Waals surface area contributed by atoms with Crippen LogP contribution in [-0.4, -0.2) is 31.6 Å². The van der Waals surface area contributed by atoms with Gasteiger partial charge in [-0.05, 0) is 69.2 Å². The maximum absolute atomic E-state index is 3.53. The summed E-state index contributed by atoms with van der Waals surface area (Å²) in [5.74, 6) is 1.75. The molecule has 2 nitrogen and oxygen atoms in total. The fourth-order valence-corrected chi connectivity index (χ4v) is 3.56. The quantitative estimate of drug-likeness (QED) is 0.850. The minimum absolute atomic E-state index is 0.851. The molecule has 0 aliphatic carbocycles. The zero-order chi connectivity index (χ0) is 12.8. The summed E-state index contributed by atoms with van der Waals surface area (Å²) < 4.78 is 0. The standard InChI is InChI=1S/C15H26N2S/c1-13(14-5-3-8-16-11-14)7-9-17(2)12-15-6-4-10-18-15/h4,6,10,13-14,16H,3,5,7-9,11-12H2,1-2H3. The molecule has 1 saturated heterocycles. The van der Waals surface area contributed by atoms with Gasteiger partial charge in [-0.2, -0.15) is 0 Å². The molecule has 0 saturated carbocycles. The van der Waals surface area contributed by atoms with E-state index in [4.69, 9.17) is 0 Å². The smallest absolute Gasteiger partial charge is 0.0324 e. The Kier molecular flexibility index (Phi) is 5.67. The van der Waals surface area contributed by atoms with Crippen LogP contribution in [0.5, 0.6) is 0 Å². The van der Waals surface area contributed by atoms with Crippen LogP contribution in [0.15, 0.2) is 17.5 Å². The van der Waals surface area contributed by atoms with Crippen LogP contribution in [0.1, 0.15) is 31.1 Å². The minimum Gasteiger partial charge on any atom is -0.316 e. The van der Waals surface area contributed by atoms with Crippen molar-refractivity contribution in [1.82, 2.24) is 10.2 Å². The number of hydrogen-bond acceptors (Lipinski definition) is 3. The first kappa shape index (κ1) is 14.0. The molecule has 1 aromatic heterocycles. The lowest BCUT2D eigenvalue weighted by molar-refractivity contribution is 0.230. The molecule has 2 rings (SSSR count). The SMILES string of the molecule is CC(CCN(C)Cc1cccs1)C1CCCNC1. The van der Waals surface area contributed by atoms with Gasteiger partial charge in [0, 0.05) is 11.4 Å². The van der Waals surface area contributed by atoms with E-state index in [-0.39, 0.29) is 0 Å². The Bertz CT molecular complexity index is 317. The summed E-state index contributed by atoms with van der Waals surface area (Å²) in [6.07, 6.45) is 4.11. The predicted molar refractivity (Wildman–Crippen MR) is 80.0 cm³/mol. The van der Waals surface area contributed by atoms with Gasteiger partial charge in [-0.15, -0.1) is 11.3 Å². The average Bonchev–Trinajstić information content (AvgIpc) is 2.90. The van der Waals surface area contributed by atoms with Gasteiger partial charge >= 0.3 is 0 Å². The van der Waals surface area contributed by atoms with Crippen molar-refractivity contribution in [2.45, 2.75) is 32.7 Å². The maximum atomic E-state index is 3.53. The monoisotopic (exact) mass is 266 g/mol. The molecular formula is C15H26N2S. The van der Waals surface area contributed by atoms with Crippen molar-refractivity contribution in [3.05, 3.63) is 22.4 Å². The molecule has 18 heavy (non-hydrogen) atoms. The number of piperidine rings is 1. The van der Waals surface area contributed by atoms with Crippen LogP contribution in [0, 0.1) is 11.8 Å². The lowest BCUT2D eigenvalue weighted by Crippen LogP contribution is -2.34. The largest absolute Gasteiger partial charge is 0.316 e. The second-order valence-corrected chi connectivity index (χ2v) is 6.72. The van der Waals surface area contributed by atoms with E-state index < -0.39 is 0 Å². The van der Waals surface area contributed by atoms with Gasteiger partial charge in [0.15, 0.2) is 0 Å². The molecule has 1 N–H and O–H groups in total. The molecule has 1 aliphatic rings. The van der Waals surface area contributed by atoms with Crippen molar-refractivity contribution in [2.24, 2.45) is 11.8 Å². The molecule has 1 fully saturated rings. The Hall–Kier alpha value is -0.380. The molecule has 102 valence electrons. The van der Waals surface area contributed by atoms with Gasteiger partial charge in [-0.1, -0.05) is 13.0 Å². The normalized spacial score (nSPS) is 22.3. The third-order valence-corrected chi connectivity index (χ3v) is 4.97. The van der Waals surface area contributed by atoms with E-state index in [9.17, 15) is 0 Å². The van der Waals surface area contributed by atoms with Crippen molar-refractivity contribution in [3.8, 4) is 0 Å². The highest BCUT2D eigenvalue weighted by atomic mass is 32.1. The predicted octanol–water partition coefficient (Wildman–Crippen LogP) is 3.21. The van der Waals surface area contributed by atoms with Gasteiger partial charge in [-0.3, -0.25) is 0 Å². The Morgan fingerprint density at radius 2 is 2.44 bits per heavy atom. The highest BCUT2D eigenvalue weighted by Gasteiger charge is 2.19. The van der Waals surface area contributed by atoms with E-state index in [1.807, 2.05) is 11.3 Å². The Balaban J connectivity index is 1.66. The molecule has 3 heteroatoms. The molecule has 1 aliphatic heterocycles. The fraction of sp³-hybridized carbons (Fsp3) is 0.733. The second-order valence-electron chi connectivity index (χ2n) is 5.69. The van der Waals surface area contributed by atoms with E-state index in [0.29, 0.717) is 0 Å². The summed E-state index contributed by atoms with van der Waals surface area (Å²) in [5.41, 5.74) is 0. The Morgan fingerprint density at radius 3 is 3.11 bits per heavy atom. The highest BCUT2D eigenvalue weighted by molar-refractivity contribution is 7.09. The van der Waals surface area contributed by atoms with Crippen LogP contribution in [0.4, 0.5) is 0 Å². The molecule has 0 amide bonds. The minimum atomic E-state index is 0.851. The molecule has 0 spiro atoms. The van der Waals surface area contributed by atoms with E-state index in [1.54, 1.807) is 0 Å². The molecule has 0 aromatic carbocycles. The number of nitrogens with one attached hydrogen (secondary N) is 1. The van der Waals surface area contributed by atoms with Crippen molar-refractivity contribution in [3.63, 3.8) is 0 Å². The lowest BCUT2D eigenvalue weighted by atomic mass is 9.85. The van der Waals surface area contributed by atoms with E-state index in [2.05, 4.69) is 41.7 Å². The van der Waals surface area contributed by atoms with Crippen LogP contribution in [0.25, 0.3) is 0 Å². The first-order chi connectivity index (χ1) is 8.75. The highest BCUT2D eigenvalue weighted by Crippen LogP contribution is 2.23. The number of rotatable bonds is 6. The zero-order valence-electron chi connectivity index (χ0n) is 11.7. The van der Waals surface area contributed by atoms with Crippen LogP contribution in [-0.2, 0) is 6.54 Å². The van der Waals surface area contributed by atoms with Gasteiger partial charge in [-0.25, -0.2) is 0 Å². The first-order valence-electron chi connectivity index (χ1n) is 7.17. The fourth-order valence-electron chi connectivity index (χ4n) is 2.77. The van der Waals surface area contributed by atoms with Gasteiger partial charge in [0.1, 0.15) is 0 Å². The summed E-state index contributed by atoms with van der Waals surface area (Å²) in [4.78, 5) is 3.93. The van der Waals surface area contributed by atoms with E-state index in [0.717, 1.165) is 18.4 Å². The number of hydrogen-bond donors (Lipinski definition) is 1. The van der Waals surface area contributed by atoms with Crippen LogP contribution in [0.3, 0.4) is 0 Å². The third-order valence-electron chi connectivity index (χ3n) is 4.11. The van der Waals surface area contributed by atoms with E-state index >= 15 is 0 Å². The summed E-state index contributed by atoms with van der Waals surface area (Å²) in [6, 6.07) is 4.37. The van der Waals surface area contributed by atoms with Crippen molar-refractivity contribution < 1.29 is 0 Å². The van der Waals surface area contributed by atoms with E-state index in [1.165, 1.54) is 43.8 Å². The topological polar surface area (TPSA) is 15.3 Å². The van der Waals surface area contributed by atoms with Crippen LogP contribution >= 0.6 is 11.3 Å². The Morgan fingerprint density at radius 1 is 1.56 bits per heavy atom. The molecule has 2 heterocycles. The lowest BCUT2D eigenvalue weighted by Gasteiger charge is -2.29. The summed E-state index contributed by atoms with van der Waals surface area (Å²) >= 11 is 1.86. The molecule has 2 unspecified atom stereocenters. The number of thiophene rings is 1. The maximum Gasteiger partial charge on any atom is 0.0324 e. The van der Waals surface area contributed by atoms with Crippen molar-refractivity contribution >= 4 is 11.3 Å². The zero-order valence-corrected chi connectivity index (χ0v) is 12.5. The third kappa shape index (κ3) is 4.38. The Labute approximate surface area is 115 Å². The number of nitrogens with zero attached hydrogens (tertiary/aromatic N) is 1. The van der Waals surface area contributed by atoms with Gasteiger partial charge < -0.3 is 10.2 Å². The van der Waals surface area contributed by atoms with Crippen molar-refractivity contribution in [2.75, 3.05) is 26.7 Å². The molecule has 2 atom stereocenters.